The van der Waals surface area contributed by atoms with Crippen molar-refractivity contribution in [1.29, 1.82) is 0 Å². The number of amides is 3. The lowest BCUT2D eigenvalue weighted by atomic mass is 10.2. The molecule has 0 aliphatic carbocycles. The van der Waals surface area contributed by atoms with Gasteiger partial charge >= 0.3 is 6.03 Å². The van der Waals surface area contributed by atoms with Gasteiger partial charge in [-0.1, -0.05) is 42.6 Å². The summed E-state index contributed by atoms with van der Waals surface area (Å²) in [4.78, 5) is 28.4. The van der Waals surface area contributed by atoms with Crippen LogP contribution in [0, 0.1) is 0 Å². The van der Waals surface area contributed by atoms with Crippen LogP contribution in [0.3, 0.4) is 0 Å². The van der Waals surface area contributed by atoms with Gasteiger partial charge in [0, 0.05) is 44.0 Å². The van der Waals surface area contributed by atoms with Crippen LogP contribution in [-0.2, 0) is 4.79 Å². The molecule has 8 heteroatoms. The minimum Gasteiger partial charge on any atom is -0.368 e. The second-order valence-corrected chi connectivity index (χ2v) is 8.01. The zero-order valence-corrected chi connectivity index (χ0v) is 18.5. The average Bonchev–Trinajstić information content (AvgIpc) is 2.75. The molecule has 1 fully saturated rings. The molecule has 2 N–H and O–H groups in total. The zero-order valence-electron chi connectivity index (χ0n) is 17.0. The van der Waals surface area contributed by atoms with Gasteiger partial charge in [-0.15, -0.1) is 0 Å². The van der Waals surface area contributed by atoms with Gasteiger partial charge in [0.05, 0.1) is 15.7 Å². The van der Waals surface area contributed by atoms with Crippen molar-refractivity contribution < 1.29 is 9.59 Å². The van der Waals surface area contributed by atoms with E-state index in [0.717, 1.165) is 24.2 Å². The van der Waals surface area contributed by atoms with Gasteiger partial charge in [-0.2, -0.15) is 0 Å². The lowest BCUT2D eigenvalue weighted by Gasteiger charge is -2.36. The number of piperazine rings is 1. The number of para-hydroxylation sites is 1. The fraction of sp³-hybridized carbons (Fsp3) is 0.364. The largest absolute Gasteiger partial charge is 0.368 e. The van der Waals surface area contributed by atoms with E-state index in [4.69, 9.17) is 23.2 Å². The van der Waals surface area contributed by atoms with Crippen LogP contribution in [0.2, 0.25) is 10.0 Å². The molecule has 0 atom stereocenters. The molecule has 30 heavy (non-hydrogen) atoms. The summed E-state index contributed by atoms with van der Waals surface area (Å²) >= 11 is 12.3. The molecule has 2 aromatic carbocycles. The highest BCUT2D eigenvalue weighted by atomic mass is 35.5. The molecule has 3 rings (SSSR count). The Hall–Kier alpha value is -2.44. The Kier molecular flexibility index (Phi) is 7.82. The Labute approximate surface area is 187 Å². The summed E-state index contributed by atoms with van der Waals surface area (Å²) in [5, 5.41) is 6.55. The average molecular weight is 449 g/mol. The Bertz CT molecular complexity index is 861. The van der Waals surface area contributed by atoms with E-state index >= 15 is 0 Å². The van der Waals surface area contributed by atoms with Crippen molar-refractivity contribution >= 4 is 52.2 Å². The van der Waals surface area contributed by atoms with Crippen LogP contribution in [0.25, 0.3) is 0 Å². The molecule has 0 bridgehead atoms. The molecule has 160 valence electrons. The minimum absolute atomic E-state index is 0.0443. The molecule has 2 aromatic rings. The smallest absolute Gasteiger partial charge is 0.322 e. The van der Waals surface area contributed by atoms with Gasteiger partial charge in [0.2, 0.25) is 5.91 Å². The fourth-order valence-electron chi connectivity index (χ4n) is 3.29. The van der Waals surface area contributed by atoms with Crippen LogP contribution in [0.1, 0.15) is 26.2 Å². The molecule has 1 aliphatic rings. The van der Waals surface area contributed by atoms with Crippen LogP contribution in [0.15, 0.2) is 42.5 Å². The van der Waals surface area contributed by atoms with Crippen LogP contribution >= 0.6 is 23.2 Å². The summed E-state index contributed by atoms with van der Waals surface area (Å²) in [6.07, 6.45) is 2.44. The van der Waals surface area contributed by atoms with E-state index in [1.54, 1.807) is 23.1 Å². The van der Waals surface area contributed by atoms with E-state index in [0.29, 0.717) is 48.3 Å². The van der Waals surface area contributed by atoms with Gasteiger partial charge < -0.3 is 20.4 Å². The molecule has 1 heterocycles. The fourth-order valence-corrected chi connectivity index (χ4v) is 3.78. The van der Waals surface area contributed by atoms with Crippen molar-refractivity contribution in [3.05, 3.63) is 52.5 Å². The summed E-state index contributed by atoms with van der Waals surface area (Å²) in [6, 6.07) is 12.7. The van der Waals surface area contributed by atoms with Crippen molar-refractivity contribution in [2.75, 3.05) is 41.7 Å². The van der Waals surface area contributed by atoms with Gasteiger partial charge in [-0.25, -0.2) is 4.79 Å². The van der Waals surface area contributed by atoms with Gasteiger partial charge in [-0.05, 0) is 42.8 Å². The molecule has 1 aliphatic heterocycles. The number of rotatable bonds is 6. The van der Waals surface area contributed by atoms with E-state index in [1.165, 1.54) is 0 Å². The third kappa shape index (κ3) is 5.80. The lowest BCUT2D eigenvalue weighted by Crippen LogP contribution is -2.50. The lowest BCUT2D eigenvalue weighted by molar-refractivity contribution is -0.116. The van der Waals surface area contributed by atoms with Gasteiger partial charge in [0.25, 0.3) is 0 Å². The van der Waals surface area contributed by atoms with E-state index in [2.05, 4.69) is 22.5 Å². The molecule has 0 spiro atoms. The van der Waals surface area contributed by atoms with Crippen LogP contribution in [0.4, 0.5) is 21.9 Å². The number of carbonyl (C=O) groups is 2. The maximum Gasteiger partial charge on any atom is 0.322 e. The Morgan fingerprint density at radius 1 is 0.933 bits per heavy atom. The molecule has 0 aromatic heterocycles. The van der Waals surface area contributed by atoms with Crippen molar-refractivity contribution in [1.82, 2.24) is 4.90 Å². The summed E-state index contributed by atoms with van der Waals surface area (Å²) in [5.74, 6) is 0.0443. The number of anilines is 3. The third-order valence-corrected chi connectivity index (χ3v) is 5.67. The number of hydrogen-bond donors (Lipinski definition) is 2. The Morgan fingerprint density at radius 3 is 2.17 bits per heavy atom. The second kappa shape index (κ2) is 10.5. The van der Waals surface area contributed by atoms with E-state index in [9.17, 15) is 9.59 Å². The van der Waals surface area contributed by atoms with Crippen molar-refractivity contribution in [3.63, 3.8) is 0 Å². The number of nitrogens with one attached hydrogen (secondary N) is 2. The number of hydrogen-bond acceptors (Lipinski definition) is 3. The molecule has 3 amide bonds. The summed E-state index contributed by atoms with van der Waals surface area (Å²) < 4.78 is 0. The maximum absolute atomic E-state index is 12.6. The highest BCUT2D eigenvalue weighted by Gasteiger charge is 2.22. The SMILES string of the molecule is CCCCC(=O)Nc1ccc(N2CCN(C(=O)Nc3c(Cl)cccc3Cl)CC2)cc1. The van der Waals surface area contributed by atoms with Crippen LogP contribution in [0.5, 0.6) is 0 Å². The van der Waals surface area contributed by atoms with Gasteiger partial charge in [-0.3, -0.25) is 4.79 Å². The first kappa shape index (κ1) is 22.2. The topological polar surface area (TPSA) is 64.7 Å². The molecule has 0 radical (unpaired) electrons. The molecular weight excluding hydrogens is 423 g/mol. The Balaban J connectivity index is 1.51. The molecule has 1 saturated heterocycles. The summed E-state index contributed by atoms with van der Waals surface area (Å²) in [5.41, 5.74) is 2.30. The minimum atomic E-state index is -0.213. The summed E-state index contributed by atoms with van der Waals surface area (Å²) in [6.45, 7) is 4.67. The number of benzene rings is 2. The van der Waals surface area contributed by atoms with E-state index in [-0.39, 0.29) is 11.9 Å². The predicted molar refractivity (Wildman–Crippen MR) is 124 cm³/mol. The predicted octanol–water partition coefficient (Wildman–Crippen LogP) is 5.48. The Morgan fingerprint density at radius 2 is 1.57 bits per heavy atom. The number of nitrogens with zero attached hydrogens (tertiary/aromatic N) is 2. The number of halogens is 2. The number of urea groups is 1. The van der Waals surface area contributed by atoms with E-state index < -0.39 is 0 Å². The van der Waals surface area contributed by atoms with Crippen molar-refractivity contribution in [2.45, 2.75) is 26.2 Å². The number of unbranched alkanes of at least 4 members (excludes halogenated alkanes) is 1. The highest BCUT2D eigenvalue weighted by molar-refractivity contribution is 6.39. The normalized spacial score (nSPS) is 13.8. The monoisotopic (exact) mass is 448 g/mol. The highest BCUT2D eigenvalue weighted by Crippen LogP contribution is 2.30. The number of carbonyl (C=O) groups excluding carboxylic acids is 2. The van der Waals surface area contributed by atoms with Crippen LogP contribution in [-0.4, -0.2) is 43.0 Å². The van der Waals surface area contributed by atoms with Gasteiger partial charge in [0.1, 0.15) is 0 Å². The van der Waals surface area contributed by atoms with Crippen molar-refractivity contribution in [3.8, 4) is 0 Å². The zero-order chi connectivity index (χ0) is 21.5. The molecule has 0 unspecified atom stereocenters. The summed E-state index contributed by atoms with van der Waals surface area (Å²) in [7, 11) is 0. The first-order valence-corrected chi connectivity index (χ1v) is 10.9. The molecule has 0 saturated carbocycles. The second-order valence-electron chi connectivity index (χ2n) is 7.20. The van der Waals surface area contributed by atoms with Crippen LogP contribution < -0.4 is 15.5 Å². The van der Waals surface area contributed by atoms with E-state index in [1.807, 2.05) is 24.3 Å². The standard InChI is InChI=1S/C22H26Cl2N4O2/c1-2-3-7-20(29)25-16-8-10-17(11-9-16)27-12-14-28(15-13-27)22(30)26-21-18(23)5-4-6-19(21)24/h4-6,8-11H,2-3,7,12-15H2,1H3,(H,25,29)(H,26,30). The van der Waals surface area contributed by atoms with Gasteiger partial charge in [0.15, 0.2) is 0 Å². The maximum atomic E-state index is 12.6. The quantitative estimate of drug-likeness (QED) is 0.614. The molecular formula is C22H26Cl2N4O2. The molecule has 6 nitrogen and oxygen atoms in total. The first-order chi connectivity index (χ1) is 14.5. The third-order valence-electron chi connectivity index (χ3n) is 5.04. The van der Waals surface area contributed by atoms with Crippen molar-refractivity contribution in [2.24, 2.45) is 0 Å². The first-order valence-electron chi connectivity index (χ1n) is 10.1.